The molecule has 1 aliphatic rings. The molecule has 29 heavy (non-hydrogen) atoms. The van der Waals surface area contributed by atoms with Crippen LogP contribution in [0.5, 0.6) is 0 Å². The minimum atomic E-state index is -3.61. The fourth-order valence-corrected chi connectivity index (χ4v) is 4.97. The summed E-state index contributed by atoms with van der Waals surface area (Å²) in [6, 6.07) is 13.7. The van der Waals surface area contributed by atoms with Gasteiger partial charge in [-0.2, -0.15) is 9.57 Å². The number of carbonyl (C=O) groups is 1. The van der Waals surface area contributed by atoms with Crippen LogP contribution in [-0.2, 0) is 16.6 Å². The summed E-state index contributed by atoms with van der Waals surface area (Å²) in [5.41, 5.74) is 2.02. The lowest BCUT2D eigenvalue weighted by Crippen LogP contribution is -2.47. The number of likely N-dealkylation sites (N-methyl/N-ethyl adjacent to an activating group) is 1. The highest BCUT2D eigenvalue weighted by Gasteiger charge is 2.29. The highest BCUT2D eigenvalue weighted by atomic mass is 32.2. The molecule has 0 spiro atoms. The van der Waals surface area contributed by atoms with Gasteiger partial charge in [0, 0.05) is 44.0 Å². The summed E-state index contributed by atoms with van der Waals surface area (Å²) in [5.74, 6) is -0.129. The maximum Gasteiger partial charge on any atom is 0.243 e. The molecule has 0 aliphatic carbocycles. The number of piperazine rings is 1. The molecule has 0 aromatic heterocycles. The number of sulfonamides is 1. The Hall–Kier alpha value is -2.73. The van der Waals surface area contributed by atoms with Gasteiger partial charge in [-0.3, -0.25) is 4.79 Å². The second-order valence-corrected chi connectivity index (χ2v) is 9.00. The van der Waals surface area contributed by atoms with E-state index in [9.17, 15) is 13.2 Å². The fourth-order valence-electron chi connectivity index (χ4n) is 3.33. The second-order valence-electron chi connectivity index (χ2n) is 7.10. The van der Waals surface area contributed by atoms with Crippen LogP contribution >= 0.6 is 0 Å². The third kappa shape index (κ3) is 4.65. The van der Waals surface area contributed by atoms with Crippen molar-refractivity contribution in [1.82, 2.24) is 9.21 Å². The van der Waals surface area contributed by atoms with Gasteiger partial charge < -0.3 is 10.2 Å². The molecule has 8 heteroatoms. The number of anilines is 1. The molecule has 7 nitrogen and oxygen atoms in total. The van der Waals surface area contributed by atoms with Gasteiger partial charge in [0.25, 0.3) is 0 Å². The molecule has 2 aromatic carbocycles. The van der Waals surface area contributed by atoms with Gasteiger partial charge in [0.2, 0.25) is 10.0 Å². The first kappa shape index (κ1) is 21.0. The number of hydrogen-bond donors (Lipinski definition) is 1. The average molecular weight is 413 g/mol. The van der Waals surface area contributed by atoms with E-state index in [1.807, 2.05) is 7.05 Å². The van der Waals surface area contributed by atoms with Gasteiger partial charge in [0.1, 0.15) is 0 Å². The largest absolute Gasteiger partial charge is 0.380 e. The van der Waals surface area contributed by atoms with Crippen LogP contribution in [0.2, 0.25) is 0 Å². The van der Waals surface area contributed by atoms with E-state index in [0.717, 1.165) is 0 Å². The van der Waals surface area contributed by atoms with E-state index in [1.165, 1.54) is 11.2 Å². The Morgan fingerprint density at radius 3 is 2.48 bits per heavy atom. The summed E-state index contributed by atoms with van der Waals surface area (Å²) in [6.07, 6.45) is 0. The topological polar surface area (TPSA) is 93.5 Å². The van der Waals surface area contributed by atoms with Crippen LogP contribution in [-0.4, -0.2) is 56.6 Å². The van der Waals surface area contributed by atoms with E-state index >= 15 is 0 Å². The van der Waals surface area contributed by atoms with E-state index in [-0.39, 0.29) is 17.2 Å². The van der Waals surface area contributed by atoms with Crippen molar-refractivity contribution in [3.05, 3.63) is 59.2 Å². The van der Waals surface area contributed by atoms with E-state index in [0.29, 0.717) is 48.6 Å². The fraction of sp³-hybridized carbons (Fsp3) is 0.333. The van der Waals surface area contributed by atoms with Crippen LogP contribution < -0.4 is 5.32 Å². The van der Waals surface area contributed by atoms with Gasteiger partial charge in [-0.1, -0.05) is 18.2 Å². The van der Waals surface area contributed by atoms with Crippen molar-refractivity contribution in [3.8, 4) is 6.07 Å². The van der Waals surface area contributed by atoms with Gasteiger partial charge in [0.15, 0.2) is 5.78 Å². The number of Topliss-reactive ketones (excluding diaryl/α,β-unsaturated/α-hetero) is 1. The van der Waals surface area contributed by atoms with Crippen molar-refractivity contribution in [2.75, 3.05) is 38.5 Å². The highest BCUT2D eigenvalue weighted by Crippen LogP contribution is 2.24. The number of carbonyl (C=O) groups excluding carboxylic acids is 1. The Labute approximate surface area is 171 Å². The standard InChI is InChI=1S/C21H24N4O3S/c1-16(26)19-8-7-17(14-22)13-20(19)23-15-18-5-3-4-6-21(18)29(27,28)25-11-9-24(2)10-12-25/h3-8,13,23H,9-12,15H2,1-2H3. The molecule has 0 bridgehead atoms. The number of nitrogens with one attached hydrogen (secondary N) is 1. The minimum Gasteiger partial charge on any atom is -0.380 e. The Morgan fingerprint density at radius 1 is 1.14 bits per heavy atom. The molecule has 0 unspecified atom stereocenters. The van der Waals surface area contributed by atoms with Crippen LogP contribution in [0.4, 0.5) is 5.69 Å². The predicted octanol–water partition coefficient (Wildman–Crippen LogP) is 2.31. The van der Waals surface area contributed by atoms with E-state index in [2.05, 4.69) is 16.3 Å². The summed E-state index contributed by atoms with van der Waals surface area (Å²) in [7, 11) is -1.64. The molecule has 0 saturated carbocycles. The number of nitrogens with zero attached hydrogens (tertiary/aromatic N) is 3. The lowest BCUT2D eigenvalue weighted by Gasteiger charge is -2.32. The Balaban J connectivity index is 1.87. The average Bonchev–Trinajstić information content (AvgIpc) is 2.72. The number of ketones is 1. The number of benzene rings is 2. The lowest BCUT2D eigenvalue weighted by molar-refractivity contribution is 0.101. The second kappa shape index (κ2) is 8.74. The van der Waals surface area contributed by atoms with E-state index in [4.69, 9.17) is 5.26 Å². The summed E-state index contributed by atoms with van der Waals surface area (Å²) in [5, 5.41) is 12.3. The monoisotopic (exact) mass is 412 g/mol. The summed E-state index contributed by atoms with van der Waals surface area (Å²) in [4.78, 5) is 14.3. The first-order valence-corrected chi connectivity index (χ1v) is 10.8. The van der Waals surface area contributed by atoms with E-state index < -0.39 is 10.0 Å². The summed E-state index contributed by atoms with van der Waals surface area (Å²) in [6.45, 7) is 3.99. The third-order valence-corrected chi connectivity index (χ3v) is 7.05. The van der Waals surface area contributed by atoms with Gasteiger partial charge in [-0.25, -0.2) is 8.42 Å². The molecule has 1 fully saturated rings. The Morgan fingerprint density at radius 2 is 1.83 bits per heavy atom. The summed E-state index contributed by atoms with van der Waals surface area (Å²) >= 11 is 0. The van der Waals surface area contributed by atoms with Crippen molar-refractivity contribution in [2.24, 2.45) is 0 Å². The van der Waals surface area contributed by atoms with Gasteiger partial charge in [-0.15, -0.1) is 0 Å². The van der Waals surface area contributed by atoms with Crippen LogP contribution in [0.15, 0.2) is 47.4 Å². The van der Waals surface area contributed by atoms with Crippen LogP contribution in [0.3, 0.4) is 0 Å². The smallest absolute Gasteiger partial charge is 0.243 e. The van der Waals surface area contributed by atoms with Gasteiger partial charge in [-0.05, 0) is 43.8 Å². The minimum absolute atomic E-state index is 0.129. The molecular weight excluding hydrogens is 388 g/mol. The molecule has 1 N–H and O–H groups in total. The summed E-state index contributed by atoms with van der Waals surface area (Å²) < 4.78 is 27.9. The SMILES string of the molecule is CC(=O)c1ccc(C#N)cc1NCc1ccccc1S(=O)(=O)N1CCN(C)CC1. The molecule has 1 saturated heterocycles. The van der Waals surface area contributed by atoms with E-state index in [1.54, 1.807) is 42.5 Å². The van der Waals surface area contributed by atoms with Crippen molar-refractivity contribution in [1.29, 1.82) is 5.26 Å². The first-order chi connectivity index (χ1) is 13.8. The molecular formula is C21H24N4O3S. The maximum atomic E-state index is 13.2. The normalized spacial score (nSPS) is 15.6. The zero-order valence-corrected chi connectivity index (χ0v) is 17.4. The highest BCUT2D eigenvalue weighted by molar-refractivity contribution is 7.89. The molecule has 0 amide bonds. The number of hydrogen-bond acceptors (Lipinski definition) is 6. The van der Waals surface area contributed by atoms with Crippen molar-refractivity contribution in [2.45, 2.75) is 18.4 Å². The maximum absolute atomic E-state index is 13.2. The molecule has 152 valence electrons. The van der Waals surface area contributed by atoms with Crippen LogP contribution in [0, 0.1) is 11.3 Å². The Kier molecular flexibility index (Phi) is 6.33. The number of nitriles is 1. The van der Waals surface area contributed by atoms with Crippen LogP contribution in [0.25, 0.3) is 0 Å². The molecule has 0 atom stereocenters. The van der Waals surface area contributed by atoms with Gasteiger partial charge >= 0.3 is 0 Å². The lowest BCUT2D eigenvalue weighted by atomic mass is 10.1. The third-order valence-electron chi connectivity index (χ3n) is 5.05. The molecule has 0 radical (unpaired) electrons. The quantitative estimate of drug-likeness (QED) is 0.732. The van der Waals surface area contributed by atoms with Crippen LogP contribution in [0.1, 0.15) is 28.4 Å². The number of rotatable bonds is 6. The Bertz CT molecular complexity index is 1050. The molecule has 2 aromatic rings. The predicted molar refractivity (Wildman–Crippen MR) is 111 cm³/mol. The van der Waals surface area contributed by atoms with Crippen molar-refractivity contribution < 1.29 is 13.2 Å². The van der Waals surface area contributed by atoms with Crippen molar-refractivity contribution in [3.63, 3.8) is 0 Å². The molecule has 3 rings (SSSR count). The first-order valence-electron chi connectivity index (χ1n) is 9.38. The molecule has 1 heterocycles. The van der Waals surface area contributed by atoms with Crippen molar-refractivity contribution >= 4 is 21.5 Å². The molecule has 1 aliphatic heterocycles. The zero-order chi connectivity index (χ0) is 21.0. The van der Waals surface area contributed by atoms with Gasteiger partial charge in [0.05, 0.1) is 16.5 Å². The zero-order valence-electron chi connectivity index (χ0n) is 16.6.